The number of fused-ring (bicyclic) bond motifs is 3. The van der Waals surface area contributed by atoms with Gasteiger partial charge in [-0.1, -0.05) is 36.8 Å². The van der Waals surface area contributed by atoms with Gasteiger partial charge in [-0.2, -0.15) is 5.10 Å². The van der Waals surface area contributed by atoms with E-state index >= 15 is 0 Å². The maximum atomic E-state index is 13.4. The quantitative estimate of drug-likeness (QED) is 0.431. The summed E-state index contributed by atoms with van der Waals surface area (Å²) in [7, 11) is 1.54. The van der Waals surface area contributed by atoms with E-state index in [1.807, 2.05) is 37.3 Å². The Morgan fingerprint density at radius 1 is 1.05 bits per heavy atom. The molecule has 2 bridgehead atoms. The lowest BCUT2D eigenvalue weighted by Gasteiger charge is -2.30. The van der Waals surface area contributed by atoms with E-state index in [4.69, 9.17) is 19.6 Å². The lowest BCUT2D eigenvalue weighted by molar-refractivity contribution is -0.138. The number of nitrogens with zero attached hydrogens (tertiary/aromatic N) is 4. The smallest absolute Gasteiger partial charge is 0.251 e. The Hall–Kier alpha value is -4.45. The van der Waals surface area contributed by atoms with E-state index in [1.54, 1.807) is 22.9 Å². The van der Waals surface area contributed by atoms with E-state index in [9.17, 15) is 14.4 Å². The number of carbonyl (C=O) groups is 3. The topological polar surface area (TPSA) is 140 Å². The Morgan fingerprint density at radius 2 is 1.88 bits per heavy atom. The Labute approximate surface area is 244 Å². The summed E-state index contributed by atoms with van der Waals surface area (Å²) < 4.78 is 13.2. The van der Waals surface area contributed by atoms with Gasteiger partial charge in [-0.15, -0.1) is 0 Å². The van der Waals surface area contributed by atoms with Crippen LogP contribution in [0.1, 0.15) is 48.4 Å². The molecule has 12 heteroatoms. The monoisotopic (exact) mass is 575 g/mol. The van der Waals surface area contributed by atoms with Crippen LogP contribution in [0.25, 0.3) is 11.4 Å². The van der Waals surface area contributed by atoms with Crippen molar-refractivity contribution in [3.8, 4) is 22.9 Å². The van der Waals surface area contributed by atoms with Crippen molar-refractivity contribution >= 4 is 17.7 Å². The zero-order chi connectivity index (χ0) is 29.5. The van der Waals surface area contributed by atoms with Crippen LogP contribution in [-0.4, -0.2) is 83.3 Å². The molecule has 0 radical (unpaired) electrons. The predicted molar refractivity (Wildman–Crippen MR) is 155 cm³/mol. The van der Waals surface area contributed by atoms with Crippen molar-refractivity contribution in [2.75, 3.05) is 39.9 Å². The van der Waals surface area contributed by atoms with Crippen molar-refractivity contribution in [2.24, 2.45) is 0 Å². The predicted octanol–water partition coefficient (Wildman–Crippen LogP) is 1.92. The van der Waals surface area contributed by atoms with E-state index in [1.165, 1.54) is 12.0 Å². The highest BCUT2D eigenvalue weighted by Crippen LogP contribution is 2.28. The van der Waals surface area contributed by atoms with Crippen LogP contribution in [0.5, 0.6) is 11.5 Å². The minimum atomic E-state index is -0.500. The fourth-order valence-corrected chi connectivity index (χ4v) is 5.20. The fourth-order valence-electron chi connectivity index (χ4n) is 5.20. The average molecular weight is 576 g/mol. The van der Waals surface area contributed by atoms with E-state index in [2.05, 4.69) is 16.0 Å². The van der Waals surface area contributed by atoms with Crippen LogP contribution < -0.4 is 25.4 Å². The second-order valence-electron chi connectivity index (χ2n) is 10.4. The second kappa shape index (κ2) is 13.5. The van der Waals surface area contributed by atoms with Gasteiger partial charge in [-0.05, 0) is 44.5 Å². The number of aromatic nitrogens is 3. The van der Waals surface area contributed by atoms with E-state index in [-0.39, 0.29) is 50.0 Å². The molecule has 1 fully saturated rings. The summed E-state index contributed by atoms with van der Waals surface area (Å²) in [4.78, 5) is 46.0. The molecule has 1 aromatic heterocycles. The highest BCUT2D eigenvalue weighted by Gasteiger charge is 2.28. The molecular weight excluding hydrogens is 538 g/mol. The number of methoxy groups -OCH3 is 1. The largest absolute Gasteiger partial charge is 0.493 e. The van der Waals surface area contributed by atoms with Crippen LogP contribution in [0.15, 0.2) is 48.5 Å². The standard InChI is InChI=1S/C30H37N7O5/c1-20-28-34-27(21-8-4-3-5-9-21)35-37(28)16-17-42-25-18-22(11-12-24(25)41-2)29(39)32-14-15-36(19-26(38)33-20)30(40)23-10-6-7-13-31-23/h3-5,8-9,11-12,18,20,23,31H,6-7,10,13-17,19H2,1-2H3,(H,32,39)(H,33,38)/t20-,23+/m1/s1. The first kappa shape index (κ1) is 29.1. The van der Waals surface area contributed by atoms with E-state index in [0.717, 1.165) is 24.9 Å². The number of amides is 3. The van der Waals surface area contributed by atoms with Gasteiger partial charge in [0.2, 0.25) is 11.8 Å². The third kappa shape index (κ3) is 6.88. The van der Waals surface area contributed by atoms with Crippen molar-refractivity contribution in [3.05, 3.63) is 59.9 Å². The highest BCUT2D eigenvalue weighted by atomic mass is 16.5. The summed E-state index contributed by atoms with van der Waals surface area (Å²) in [6.07, 6.45) is 2.66. The van der Waals surface area contributed by atoms with Crippen molar-refractivity contribution in [2.45, 2.75) is 44.8 Å². The molecule has 0 saturated carbocycles. The molecule has 1 saturated heterocycles. The SMILES string of the molecule is COc1ccc2cc1OCCn1nc(-c3ccccc3)nc1[C@@H](C)NC(=O)CN(C(=O)[C@@H]1CCCCN1)CCNC2=O. The van der Waals surface area contributed by atoms with Gasteiger partial charge >= 0.3 is 0 Å². The molecule has 0 spiro atoms. The molecule has 222 valence electrons. The first-order valence-corrected chi connectivity index (χ1v) is 14.3. The van der Waals surface area contributed by atoms with Crippen molar-refractivity contribution in [1.82, 2.24) is 35.6 Å². The summed E-state index contributed by atoms with van der Waals surface area (Å²) in [5.41, 5.74) is 1.23. The van der Waals surface area contributed by atoms with Gasteiger partial charge in [0.15, 0.2) is 17.3 Å². The number of hydrogen-bond donors (Lipinski definition) is 3. The van der Waals surface area contributed by atoms with Gasteiger partial charge in [0.1, 0.15) is 12.4 Å². The number of carbonyl (C=O) groups excluding carboxylic acids is 3. The zero-order valence-corrected chi connectivity index (χ0v) is 24.0. The van der Waals surface area contributed by atoms with Crippen molar-refractivity contribution < 1.29 is 23.9 Å². The van der Waals surface area contributed by atoms with Gasteiger partial charge in [0, 0.05) is 24.2 Å². The molecule has 42 heavy (non-hydrogen) atoms. The average Bonchev–Trinajstić information content (AvgIpc) is 3.45. The number of benzene rings is 2. The van der Waals surface area contributed by atoms with Crippen molar-refractivity contribution in [1.29, 1.82) is 0 Å². The number of piperidine rings is 1. The van der Waals surface area contributed by atoms with Gasteiger partial charge < -0.3 is 30.3 Å². The highest BCUT2D eigenvalue weighted by molar-refractivity contribution is 5.95. The summed E-state index contributed by atoms with van der Waals surface area (Å²) in [6, 6.07) is 13.7. The molecule has 2 aliphatic rings. The van der Waals surface area contributed by atoms with Crippen LogP contribution >= 0.6 is 0 Å². The maximum absolute atomic E-state index is 13.4. The van der Waals surface area contributed by atoms with Crippen LogP contribution in [0.4, 0.5) is 0 Å². The number of rotatable bonds is 3. The number of ether oxygens (including phenoxy) is 2. The van der Waals surface area contributed by atoms with Gasteiger partial charge in [0.05, 0.1) is 32.3 Å². The third-order valence-electron chi connectivity index (χ3n) is 7.41. The van der Waals surface area contributed by atoms with Crippen molar-refractivity contribution in [3.63, 3.8) is 0 Å². The maximum Gasteiger partial charge on any atom is 0.251 e. The Balaban J connectivity index is 1.45. The molecule has 0 aliphatic carbocycles. The minimum absolute atomic E-state index is 0.146. The van der Waals surface area contributed by atoms with Gasteiger partial charge in [-0.3, -0.25) is 14.4 Å². The lowest BCUT2D eigenvalue weighted by atomic mass is 10.0. The molecule has 3 amide bonds. The van der Waals surface area contributed by atoms with Crippen LogP contribution in [-0.2, 0) is 16.1 Å². The van der Waals surface area contributed by atoms with Crippen LogP contribution in [0, 0.1) is 0 Å². The zero-order valence-electron chi connectivity index (χ0n) is 24.0. The molecular formula is C30H37N7O5. The molecule has 3 aromatic rings. The summed E-state index contributed by atoms with van der Waals surface area (Å²) in [6.45, 7) is 3.34. The first-order valence-electron chi connectivity index (χ1n) is 14.3. The Bertz CT molecular complexity index is 1400. The van der Waals surface area contributed by atoms with E-state index in [0.29, 0.717) is 41.7 Å². The third-order valence-corrected chi connectivity index (χ3v) is 7.41. The molecule has 12 nitrogen and oxygen atoms in total. The lowest BCUT2D eigenvalue weighted by Crippen LogP contribution is -2.52. The van der Waals surface area contributed by atoms with E-state index < -0.39 is 6.04 Å². The molecule has 3 heterocycles. The fraction of sp³-hybridized carbons (Fsp3) is 0.433. The molecule has 0 unspecified atom stereocenters. The summed E-state index contributed by atoms with van der Waals surface area (Å²) >= 11 is 0. The summed E-state index contributed by atoms with van der Waals surface area (Å²) in [5.74, 6) is 1.19. The molecule has 2 aliphatic heterocycles. The van der Waals surface area contributed by atoms with Crippen LogP contribution in [0.3, 0.4) is 0 Å². The number of nitrogens with one attached hydrogen (secondary N) is 3. The molecule has 2 aromatic carbocycles. The summed E-state index contributed by atoms with van der Waals surface area (Å²) in [5, 5.41) is 13.8. The molecule has 5 rings (SSSR count). The first-order chi connectivity index (χ1) is 20.4. The minimum Gasteiger partial charge on any atom is -0.493 e. The Morgan fingerprint density at radius 3 is 2.64 bits per heavy atom. The molecule has 2 atom stereocenters. The van der Waals surface area contributed by atoms with Gasteiger partial charge in [-0.25, -0.2) is 9.67 Å². The van der Waals surface area contributed by atoms with Gasteiger partial charge in [0.25, 0.3) is 5.91 Å². The number of hydrogen-bond acceptors (Lipinski definition) is 8. The second-order valence-corrected chi connectivity index (χ2v) is 10.4. The Kier molecular flexibility index (Phi) is 9.32. The normalized spacial score (nSPS) is 20.4. The molecule has 3 N–H and O–H groups in total. The van der Waals surface area contributed by atoms with Crippen LogP contribution in [0.2, 0.25) is 0 Å².